The molecule has 0 aromatic rings. The maximum absolute atomic E-state index is 3.20. The normalized spacial score (nSPS) is 29.5. The fourth-order valence-electron chi connectivity index (χ4n) is 2.15. The zero-order valence-corrected chi connectivity index (χ0v) is 9.34. The predicted molar refractivity (Wildman–Crippen MR) is 58.0 cm³/mol. The van der Waals surface area contributed by atoms with Crippen molar-refractivity contribution in [1.82, 2.24) is 10.2 Å². The second-order valence-electron chi connectivity index (χ2n) is 4.50. The van der Waals surface area contributed by atoms with Gasteiger partial charge in [0.15, 0.2) is 0 Å². The fourth-order valence-corrected chi connectivity index (χ4v) is 2.15. The Labute approximate surface area is 82.7 Å². The number of hydrogen-bond acceptors (Lipinski definition) is 2. The molecule has 0 bridgehead atoms. The first-order chi connectivity index (χ1) is 6.24. The van der Waals surface area contributed by atoms with Gasteiger partial charge in [-0.1, -0.05) is 6.92 Å². The van der Waals surface area contributed by atoms with Gasteiger partial charge in [0.2, 0.25) is 0 Å². The van der Waals surface area contributed by atoms with Crippen LogP contribution in [0, 0.1) is 5.92 Å². The van der Waals surface area contributed by atoms with Crippen molar-refractivity contribution >= 4 is 0 Å². The average Bonchev–Trinajstić information content (AvgIpc) is 2.15. The number of hydrogen-bond donors (Lipinski definition) is 1. The molecule has 0 aliphatic heterocycles. The highest BCUT2D eigenvalue weighted by Crippen LogP contribution is 2.26. The first-order valence-electron chi connectivity index (χ1n) is 5.59. The van der Waals surface area contributed by atoms with E-state index in [0.29, 0.717) is 0 Å². The Morgan fingerprint density at radius 3 is 2.38 bits per heavy atom. The Hall–Kier alpha value is -0.0800. The third-order valence-electron chi connectivity index (χ3n) is 3.32. The van der Waals surface area contributed by atoms with Gasteiger partial charge in [0.25, 0.3) is 0 Å². The molecule has 2 nitrogen and oxygen atoms in total. The topological polar surface area (TPSA) is 15.3 Å². The number of rotatable bonds is 4. The Morgan fingerprint density at radius 1 is 1.23 bits per heavy atom. The van der Waals surface area contributed by atoms with Crippen LogP contribution >= 0.6 is 0 Å². The van der Waals surface area contributed by atoms with Crippen LogP contribution in [0.4, 0.5) is 0 Å². The summed E-state index contributed by atoms with van der Waals surface area (Å²) < 4.78 is 0. The van der Waals surface area contributed by atoms with E-state index in [0.717, 1.165) is 18.5 Å². The third kappa shape index (κ3) is 3.65. The molecule has 0 atom stereocenters. The number of nitrogens with one attached hydrogen (secondary N) is 1. The summed E-state index contributed by atoms with van der Waals surface area (Å²) in [5, 5.41) is 3.20. The molecule has 1 aliphatic carbocycles. The minimum absolute atomic E-state index is 0.851. The summed E-state index contributed by atoms with van der Waals surface area (Å²) in [6.07, 6.45) is 5.66. The Kier molecular flexibility index (Phi) is 4.74. The van der Waals surface area contributed by atoms with Crippen molar-refractivity contribution in [3.63, 3.8) is 0 Å². The summed E-state index contributed by atoms with van der Waals surface area (Å²) in [7, 11) is 4.29. The molecule has 1 N–H and O–H groups in total. The van der Waals surface area contributed by atoms with E-state index in [1.165, 1.54) is 32.2 Å². The Balaban J connectivity index is 2.19. The van der Waals surface area contributed by atoms with Crippen molar-refractivity contribution in [2.75, 3.05) is 27.2 Å². The second kappa shape index (κ2) is 5.61. The minimum atomic E-state index is 0.851. The molecule has 0 aromatic heterocycles. The Morgan fingerprint density at radius 2 is 1.85 bits per heavy atom. The fraction of sp³-hybridized carbons (Fsp3) is 1.00. The summed E-state index contributed by atoms with van der Waals surface area (Å²) >= 11 is 0. The quantitative estimate of drug-likeness (QED) is 0.715. The molecule has 78 valence electrons. The van der Waals surface area contributed by atoms with Crippen molar-refractivity contribution in [2.24, 2.45) is 5.92 Å². The first kappa shape index (κ1) is 11.0. The van der Waals surface area contributed by atoms with Crippen LogP contribution in [-0.4, -0.2) is 38.1 Å². The zero-order valence-electron chi connectivity index (χ0n) is 9.34. The SMILES string of the molecule is CNCCN(C)C1CCC(C)CC1. The highest BCUT2D eigenvalue weighted by atomic mass is 15.1. The molecule has 0 unspecified atom stereocenters. The summed E-state index contributed by atoms with van der Waals surface area (Å²) in [5.74, 6) is 0.967. The van der Waals surface area contributed by atoms with Crippen LogP contribution in [0.5, 0.6) is 0 Å². The van der Waals surface area contributed by atoms with Gasteiger partial charge in [0.05, 0.1) is 0 Å². The molecule has 0 saturated heterocycles. The molecule has 1 aliphatic rings. The van der Waals surface area contributed by atoms with E-state index >= 15 is 0 Å². The van der Waals surface area contributed by atoms with Crippen LogP contribution in [0.3, 0.4) is 0 Å². The van der Waals surface area contributed by atoms with Gasteiger partial charge >= 0.3 is 0 Å². The van der Waals surface area contributed by atoms with Crippen molar-refractivity contribution in [2.45, 2.75) is 38.6 Å². The predicted octanol–water partition coefficient (Wildman–Crippen LogP) is 1.72. The van der Waals surface area contributed by atoms with E-state index in [2.05, 4.69) is 24.2 Å². The minimum Gasteiger partial charge on any atom is -0.318 e. The van der Waals surface area contributed by atoms with Crippen LogP contribution in [0.1, 0.15) is 32.6 Å². The van der Waals surface area contributed by atoms with Gasteiger partial charge in [0, 0.05) is 19.1 Å². The van der Waals surface area contributed by atoms with Crippen LogP contribution in [0.15, 0.2) is 0 Å². The lowest BCUT2D eigenvalue weighted by molar-refractivity contribution is 0.172. The molecule has 2 heteroatoms. The van der Waals surface area contributed by atoms with E-state index in [9.17, 15) is 0 Å². The highest BCUT2D eigenvalue weighted by molar-refractivity contribution is 4.76. The largest absolute Gasteiger partial charge is 0.318 e. The van der Waals surface area contributed by atoms with Crippen LogP contribution < -0.4 is 5.32 Å². The van der Waals surface area contributed by atoms with Gasteiger partial charge in [-0.2, -0.15) is 0 Å². The molecule has 0 radical (unpaired) electrons. The van der Waals surface area contributed by atoms with Gasteiger partial charge in [0.1, 0.15) is 0 Å². The monoisotopic (exact) mass is 184 g/mol. The molecule has 0 heterocycles. The van der Waals surface area contributed by atoms with Gasteiger partial charge in [-0.3, -0.25) is 0 Å². The molecule has 0 amide bonds. The van der Waals surface area contributed by atoms with Gasteiger partial charge in [-0.25, -0.2) is 0 Å². The molecular weight excluding hydrogens is 160 g/mol. The lowest BCUT2D eigenvalue weighted by Gasteiger charge is -2.33. The van der Waals surface area contributed by atoms with Gasteiger partial charge in [-0.05, 0) is 45.7 Å². The van der Waals surface area contributed by atoms with Gasteiger partial charge in [-0.15, -0.1) is 0 Å². The molecule has 0 aromatic carbocycles. The molecular formula is C11H24N2. The third-order valence-corrected chi connectivity index (χ3v) is 3.32. The molecule has 13 heavy (non-hydrogen) atoms. The van der Waals surface area contributed by atoms with E-state index in [1.54, 1.807) is 0 Å². The van der Waals surface area contributed by atoms with Gasteiger partial charge < -0.3 is 10.2 Å². The average molecular weight is 184 g/mol. The summed E-state index contributed by atoms with van der Waals surface area (Å²) in [5.41, 5.74) is 0. The maximum atomic E-state index is 3.20. The molecule has 0 spiro atoms. The molecule has 1 rings (SSSR count). The summed E-state index contributed by atoms with van der Waals surface area (Å²) in [4.78, 5) is 2.52. The maximum Gasteiger partial charge on any atom is 0.0107 e. The summed E-state index contributed by atoms with van der Waals surface area (Å²) in [6, 6.07) is 0.851. The van der Waals surface area contributed by atoms with Crippen LogP contribution in [0.2, 0.25) is 0 Å². The van der Waals surface area contributed by atoms with E-state index in [-0.39, 0.29) is 0 Å². The van der Waals surface area contributed by atoms with Crippen molar-refractivity contribution in [3.8, 4) is 0 Å². The van der Waals surface area contributed by atoms with E-state index in [4.69, 9.17) is 0 Å². The lowest BCUT2D eigenvalue weighted by atomic mass is 9.87. The second-order valence-corrected chi connectivity index (χ2v) is 4.50. The van der Waals surface area contributed by atoms with E-state index in [1.807, 2.05) is 7.05 Å². The number of nitrogens with zero attached hydrogens (tertiary/aromatic N) is 1. The van der Waals surface area contributed by atoms with Crippen LogP contribution in [-0.2, 0) is 0 Å². The number of likely N-dealkylation sites (N-methyl/N-ethyl adjacent to an activating group) is 2. The molecule has 1 saturated carbocycles. The van der Waals surface area contributed by atoms with Crippen LogP contribution in [0.25, 0.3) is 0 Å². The Bertz CT molecular complexity index is 128. The van der Waals surface area contributed by atoms with Crippen molar-refractivity contribution in [1.29, 1.82) is 0 Å². The first-order valence-corrected chi connectivity index (χ1v) is 5.59. The lowest BCUT2D eigenvalue weighted by Crippen LogP contribution is -2.38. The smallest absolute Gasteiger partial charge is 0.0107 e. The van der Waals surface area contributed by atoms with Crippen molar-refractivity contribution in [3.05, 3.63) is 0 Å². The summed E-state index contributed by atoms with van der Waals surface area (Å²) in [6.45, 7) is 4.68. The molecule has 1 fully saturated rings. The highest BCUT2D eigenvalue weighted by Gasteiger charge is 2.20. The standard InChI is InChI=1S/C11H24N2/c1-10-4-6-11(7-5-10)13(3)9-8-12-2/h10-12H,4-9H2,1-3H3. The van der Waals surface area contributed by atoms with E-state index < -0.39 is 0 Å². The zero-order chi connectivity index (χ0) is 9.68. The van der Waals surface area contributed by atoms with Crippen molar-refractivity contribution < 1.29 is 0 Å².